The Morgan fingerprint density at radius 3 is 3.12 bits per heavy atom. The number of aromatic nitrogens is 3. The predicted molar refractivity (Wildman–Crippen MR) is 65.4 cm³/mol. The molecule has 0 aliphatic heterocycles. The van der Waals surface area contributed by atoms with Crippen LogP contribution in [0.25, 0.3) is 0 Å². The Balaban J connectivity index is 1.92. The van der Waals surface area contributed by atoms with Gasteiger partial charge in [-0.1, -0.05) is 6.07 Å². The average molecular weight is 228 g/mol. The van der Waals surface area contributed by atoms with Crippen LogP contribution in [0.3, 0.4) is 0 Å². The first kappa shape index (κ1) is 10.5. The molecule has 2 aromatic rings. The van der Waals surface area contributed by atoms with Gasteiger partial charge in [0, 0.05) is 31.1 Å². The zero-order valence-corrected chi connectivity index (χ0v) is 9.87. The second-order valence-corrected chi connectivity index (χ2v) is 4.63. The van der Waals surface area contributed by atoms with Gasteiger partial charge in [-0.15, -0.1) is 0 Å². The predicted octanol–water partition coefficient (Wildman–Crippen LogP) is 1.54. The largest absolute Gasteiger partial charge is 0.322 e. The van der Waals surface area contributed by atoms with E-state index in [1.54, 1.807) is 4.68 Å². The molecule has 2 aromatic heterocycles. The summed E-state index contributed by atoms with van der Waals surface area (Å²) in [5.74, 6) is 0.307. The highest BCUT2D eigenvalue weighted by molar-refractivity contribution is 5.31. The van der Waals surface area contributed by atoms with Gasteiger partial charge in [-0.25, -0.2) is 0 Å². The summed E-state index contributed by atoms with van der Waals surface area (Å²) >= 11 is 0. The van der Waals surface area contributed by atoms with Gasteiger partial charge in [-0.3, -0.25) is 9.67 Å². The number of pyridine rings is 1. The van der Waals surface area contributed by atoms with Crippen molar-refractivity contribution in [1.82, 2.24) is 14.8 Å². The van der Waals surface area contributed by atoms with Crippen molar-refractivity contribution in [2.75, 3.05) is 0 Å². The van der Waals surface area contributed by atoms with E-state index in [0.717, 1.165) is 24.2 Å². The summed E-state index contributed by atoms with van der Waals surface area (Å²) in [6, 6.07) is 6.08. The lowest BCUT2D eigenvalue weighted by atomic mass is 9.95. The van der Waals surface area contributed by atoms with Crippen LogP contribution >= 0.6 is 0 Å². The molecule has 0 aromatic carbocycles. The number of hydrogen-bond donors (Lipinski definition) is 1. The molecule has 2 heterocycles. The van der Waals surface area contributed by atoms with Crippen LogP contribution in [-0.2, 0) is 13.5 Å². The lowest BCUT2D eigenvalue weighted by molar-refractivity contribution is 0.522. The monoisotopic (exact) mass is 228 g/mol. The Morgan fingerprint density at radius 2 is 2.35 bits per heavy atom. The number of fused-ring (bicyclic) bond motifs is 1. The minimum atomic E-state index is -0.0488. The van der Waals surface area contributed by atoms with E-state index in [-0.39, 0.29) is 6.04 Å². The Hall–Kier alpha value is -1.68. The van der Waals surface area contributed by atoms with Gasteiger partial charge in [0.1, 0.15) is 0 Å². The molecule has 2 N–H and O–H groups in total. The topological polar surface area (TPSA) is 56.7 Å². The molecular formula is C13H16N4. The summed E-state index contributed by atoms with van der Waals surface area (Å²) in [4.78, 5) is 4.48. The normalized spacial score (nSPS) is 20.2. The van der Waals surface area contributed by atoms with Crippen LogP contribution in [-0.4, -0.2) is 14.8 Å². The fraction of sp³-hybridized carbons (Fsp3) is 0.385. The van der Waals surface area contributed by atoms with Gasteiger partial charge in [-0.05, 0) is 30.5 Å². The molecule has 2 unspecified atom stereocenters. The molecule has 0 saturated heterocycles. The van der Waals surface area contributed by atoms with Crippen molar-refractivity contribution in [3.63, 3.8) is 0 Å². The van der Waals surface area contributed by atoms with Crippen molar-refractivity contribution in [2.45, 2.75) is 24.8 Å². The Morgan fingerprint density at radius 1 is 1.47 bits per heavy atom. The van der Waals surface area contributed by atoms with E-state index in [0.29, 0.717) is 5.92 Å². The molecule has 0 bridgehead atoms. The number of nitrogens with zero attached hydrogens (tertiary/aromatic N) is 3. The maximum atomic E-state index is 6.31. The molecule has 0 saturated carbocycles. The fourth-order valence-electron chi connectivity index (χ4n) is 2.61. The van der Waals surface area contributed by atoms with Gasteiger partial charge in [0.2, 0.25) is 0 Å². The summed E-state index contributed by atoms with van der Waals surface area (Å²) < 4.78 is 1.80. The quantitative estimate of drug-likeness (QED) is 0.848. The van der Waals surface area contributed by atoms with Gasteiger partial charge in [0.05, 0.1) is 11.7 Å². The molecular weight excluding hydrogens is 212 g/mol. The average Bonchev–Trinajstić information content (AvgIpc) is 2.94. The van der Waals surface area contributed by atoms with E-state index in [9.17, 15) is 0 Å². The lowest BCUT2D eigenvalue weighted by Crippen LogP contribution is -2.19. The Labute approximate surface area is 100 Å². The smallest absolute Gasteiger partial charge is 0.0798 e. The minimum absolute atomic E-state index is 0.0488. The zero-order chi connectivity index (χ0) is 11.8. The van der Waals surface area contributed by atoms with Gasteiger partial charge in [0.15, 0.2) is 0 Å². The highest BCUT2D eigenvalue weighted by atomic mass is 15.3. The molecule has 0 amide bonds. The molecule has 0 radical (unpaired) electrons. The first-order valence-corrected chi connectivity index (χ1v) is 5.94. The van der Waals surface area contributed by atoms with Crippen LogP contribution in [0, 0.1) is 0 Å². The van der Waals surface area contributed by atoms with Crippen molar-refractivity contribution in [3.8, 4) is 0 Å². The summed E-state index contributed by atoms with van der Waals surface area (Å²) in [5.41, 5.74) is 9.76. The minimum Gasteiger partial charge on any atom is -0.322 e. The van der Waals surface area contributed by atoms with Crippen LogP contribution in [0.4, 0.5) is 0 Å². The van der Waals surface area contributed by atoms with Crippen molar-refractivity contribution in [2.24, 2.45) is 12.8 Å². The molecule has 1 aliphatic rings. The summed E-state index contributed by atoms with van der Waals surface area (Å²) in [5, 5.41) is 4.39. The van der Waals surface area contributed by atoms with Crippen LogP contribution in [0.2, 0.25) is 0 Å². The molecule has 0 fully saturated rings. The van der Waals surface area contributed by atoms with Crippen molar-refractivity contribution < 1.29 is 0 Å². The van der Waals surface area contributed by atoms with Crippen molar-refractivity contribution in [1.29, 1.82) is 0 Å². The molecule has 88 valence electrons. The second kappa shape index (κ2) is 3.96. The van der Waals surface area contributed by atoms with E-state index < -0.39 is 0 Å². The van der Waals surface area contributed by atoms with Crippen LogP contribution in [0.5, 0.6) is 0 Å². The number of nitrogens with two attached hydrogens (primary N) is 1. The molecule has 17 heavy (non-hydrogen) atoms. The van der Waals surface area contributed by atoms with E-state index >= 15 is 0 Å². The first-order chi connectivity index (χ1) is 8.25. The zero-order valence-electron chi connectivity index (χ0n) is 9.87. The standard InChI is InChI=1S/C13H16N4/c1-17-8-6-11(16-17)12(14)10-5-4-9-3-2-7-15-13(9)10/h2-3,6-8,10,12H,4-5,14H2,1H3. The third-order valence-electron chi connectivity index (χ3n) is 3.51. The molecule has 2 atom stereocenters. The highest BCUT2D eigenvalue weighted by Gasteiger charge is 2.30. The molecule has 4 heteroatoms. The first-order valence-electron chi connectivity index (χ1n) is 5.94. The van der Waals surface area contributed by atoms with E-state index in [2.05, 4.69) is 16.1 Å². The summed E-state index contributed by atoms with van der Waals surface area (Å²) in [7, 11) is 1.91. The number of rotatable bonds is 2. The molecule has 3 rings (SSSR count). The van der Waals surface area contributed by atoms with Gasteiger partial charge in [0.25, 0.3) is 0 Å². The van der Waals surface area contributed by atoms with E-state index in [1.165, 1.54) is 5.56 Å². The van der Waals surface area contributed by atoms with Crippen LogP contribution < -0.4 is 5.73 Å². The SMILES string of the molecule is Cn1ccc(C(N)C2CCc3cccnc32)n1. The maximum Gasteiger partial charge on any atom is 0.0798 e. The van der Waals surface area contributed by atoms with E-state index in [1.807, 2.05) is 31.6 Å². The van der Waals surface area contributed by atoms with Gasteiger partial charge >= 0.3 is 0 Å². The number of aryl methyl sites for hydroxylation is 2. The van der Waals surface area contributed by atoms with E-state index in [4.69, 9.17) is 5.73 Å². The molecule has 0 spiro atoms. The van der Waals surface area contributed by atoms with Crippen molar-refractivity contribution >= 4 is 0 Å². The summed E-state index contributed by atoms with van der Waals surface area (Å²) in [6.07, 6.45) is 5.93. The Bertz CT molecular complexity index is 532. The third kappa shape index (κ3) is 1.74. The van der Waals surface area contributed by atoms with Gasteiger partial charge < -0.3 is 5.73 Å². The summed E-state index contributed by atoms with van der Waals surface area (Å²) in [6.45, 7) is 0. The molecule has 4 nitrogen and oxygen atoms in total. The van der Waals surface area contributed by atoms with Crippen LogP contribution in [0.15, 0.2) is 30.6 Å². The molecule has 1 aliphatic carbocycles. The fourth-order valence-corrected chi connectivity index (χ4v) is 2.61. The third-order valence-corrected chi connectivity index (χ3v) is 3.51. The lowest BCUT2D eigenvalue weighted by Gasteiger charge is -2.17. The highest BCUT2D eigenvalue weighted by Crippen LogP contribution is 2.38. The van der Waals surface area contributed by atoms with Gasteiger partial charge in [-0.2, -0.15) is 5.10 Å². The maximum absolute atomic E-state index is 6.31. The number of hydrogen-bond acceptors (Lipinski definition) is 3. The van der Waals surface area contributed by atoms with Crippen molar-refractivity contribution in [3.05, 3.63) is 47.5 Å². The second-order valence-electron chi connectivity index (χ2n) is 4.63. The van der Waals surface area contributed by atoms with Crippen LogP contribution in [0.1, 0.15) is 35.3 Å². The Kier molecular flexibility index (Phi) is 2.44.